The Morgan fingerprint density at radius 2 is 2.33 bits per heavy atom. The van der Waals surface area contributed by atoms with E-state index >= 15 is 0 Å². The number of nitrogens with two attached hydrogens (primary N) is 1. The van der Waals surface area contributed by atoms with Crippen LogP contribution in [-0.4, -0.2) is 11.9 Å². The molecule has 3 nitrogen and oxygen atoms in total. The molecule has 18 heavy (non-hydrogen) atoms. The maximum absolute atomic E-state index is 13.6. The van der Waals surface area contributed by atoms with Crippen LogP contribution in [0.3, 0.4) is 0 Å². The summed E-state index contributed by atoms with van der Waals surface area (Å²) in [5.41, 5.74) is 6.04. The lowest BCUT2D eigenvalue weighted by Crippen LogP contribution is -2.30. The number of fused-ring (bicyclic) bond motifs is 1. The quantitative estimate of drug-likeness (QED) is 0.837. The molecule has 1 unspecified atom stereocenters. The van der Waals surface area contributed by atoms with Crippen LogP contribution in [0.1, 0.15) is 16.6 Å². The lowest BCUT2D eigenvalue weighted by atomic mass is 10.2. The van der Waals surface area contributed by atoms with Crippen LogP contribution in [0.25, 0.3) is 10.1 Å². The zero-order valence-electron chi connectivity index (χ0n) is 9.87. The summed E-state index contributed by atoms with van der Waals surface area (Å²) in [5, 5.41) is 3.04. The average Bonchev–Trinajstić information content (AvgIpc) is 2.68. The topological polar surface area (TPSA) is 55.1 Å². The van der Waals surface area contributed by atoms with Crippen LogP contribution >= 0.6 is 11.3 Å². The lowest BCUT2D eigenvalue weighted by Gasteiger charge is -2.08. The highest BCUT2D eigenvalue weighted by molar-refractivity contribution is 7.21. The number of benzene rings is 1. The van der Waals surface area contributed by atoms with Crippen LogP contribution in [0.15, 0.2) is 30.9 Å². The molecule has 0 aliphatic rings. The Kier molecular flexibility index (Phi) is 3.34. The second-order valence-corrected chi connectivity index (χ2v) is 5.01. The van der Waals surface area contributed by atoms with Gasteiger partial charge in [-0.3, -0.25) is 4.79 Å². The molecule has 94 valence electrons. The average molecular weight is 264 g/mol. The molecule has 1 atom stereocenters. The number of nitrogens with one attached hydrogen (secondary N) is 1. The predicted octanol–water partition coefficient (Wildman–Crippen LogP) is 2.93. The number of rotatable bonds is 3. The zero-order valence-corrected chi connectivity index (χ0v) is 10.7. The number of halogens is 1. The van der Waals surface area contributed by atoms with Crippen molar-refractivity contribution in [3.05, 3.63) is 41.5 Å². The number of carbonyl (C=O) groups excluding carboxylic acids is 1. The van der Waals surface area contributed by atoms with Gasteiger partial charge in [0, 0.05) is 10.7 Å². The van der Waals surface area contributed by atoms with E-state index in [1.54, 1.807) is 25.1 Å². The standard InChI is InChI=1S/C13H13FN2OS/c1-3-7(2)16-13(17)12-11(15)10-8(14)5-4-6-9(10)18-12/h3-7H,1,15H2,2H3,(H,16,17). The Labute approximate surface area is 108 Å². The minimum atomic E-state index is -0.405. The smallest absolute Gasteiger partial charge is 0.263 e. The molecule has 0 saturated heterocycles. The molecule has 3 N–H and O–H groups in total. The second kappa shape index (κ2) is 4.78. The summed E-state index contributed by atoms with van der Waals surface area (Å²) in [4.78, 5) is 12.3. The van der Waals surface area contributed by atoms with Crippen molar-refractivity contribution in [2.75, 3.05) is 5.73 Å². The first-order chi connectivity index (χ1) is 8.54. The molecule has 0 saturated carbocycles. The predicted molar refractivity (Wildman–Crippen MR) is 73.3 cm³/mol. The van der Waals surface area contributed by atoms with Gasteiger partial charge in [-0.05, 0) is 19.1 Å². The van der Waals surface area contributed by atoms with Gasteiger partial charge in [-0.2, -0.15) is 0 Å². The van der Waals surface area contributed by atoms with Gasteiger partial charge < -0.3 is 11.1 Å². The molecule has 0 bridgehead atoms. The molecule has 0 aliphatic heterocycles. The number of carbonyl (C=O) groups is 1. The maximum Gasteiger partial charge on any atom is 0.263 e. The Bertz CT molecular complexity index is 621. The van der Waals surface area contributed by atoms with E-state index in [0.717, 1.165) is 0 Å². The monoisotopic (exact) mass is 264 g/mol. The molecular formula is C13H13FN2OS. The molecule has 2 aromatic rings. The summed E-state index contributed by atoms with van der Waals surface area (Å²) < 4.78 is 14.3. The van der Waals surface area contributed by atoms with Gasteiger partial charge in [0.15, 0.2) is 0 Å². The number of thiophene rings is 1. The summed E-state index contributed by atoms with van der Waals surface area (Å²) in [5.74, 6) is -0.711. The summed E-state index contributed by atoms with van der Waals surface area (Å²) in [6.07, 6.45) is 1.61. The Balaban J connectivity index is 2.46. The van der Waals surface area contributed by atoms with Crippen molar-refractivity contribution in [2.24, 2.45) is 0 Å². The van der Waals surface area contributed by atoms with Gasteiger partial charge in [-0.25, -0.2) is 4.39 Å². The zero-order chi connectivity index (χ0) is 13.3. The van der Waals surface area contributed by atoms with E-state index in [4.69, 9.17) is 5.73 Å². The van der Waals surface area contributed by atoms with Gasteiger partial charge in [-0.1, -0.05) is 12.1 Å². The fourth-order valence-electron chi connectivity index (χ4n) is 1.63. The van der Waals surface area contributed by atoms with Crippen molar-refractivity contribution >= 4 is 33.0 Å². The molecule has 0 spiro atoms. The molecule has 0 radical (unpaired) electrons. The number of nitrogen functional groups attached to an aromatic ring is 1. The van der Waals surface area contributed by atoms with Gasteiger partial charge in [0.25, 0.3) is 5.91 Å². The molecular weight excluding hydrogens is 251 g/mol. The Morgan fingerprint density at radius 3 is 2.94 bits per heavy atom. The number of hydrogen-bond acceptors (Lipinski definition) is 3. The number of amides is 1. The lowest BCUT2D eigenvalue weighted by molar-refractivity contribution is 0.0952. The Hall–Kier alpha value is -1.88. The third kappa shape index (κ3) is 2.09. The van der Waals surface area contributed by atoms with Gasteiger partial charge in [0.05, 0.1) is 11.1 Å². The normalized spacial score (nSPS) is 12.3. The molecule has 1 aromatic carbocycles. The summed E-state index contributed by atoms with van der Waals surface area (Å²) in [6.45, 7) is 5.38. The molecule has 1 heterocycles. The first-order valence-electron chi connectivity index (χ1n) is 5.44. The van der Waals surface area contributed by atoms with E-state index in [2.05, 4.69) is 11.9 Å². The van der Waals surface area contributed by atoms with Crippen LogP contribution in [0.4, 0.5) is 10.1 Å². The van der Waals surface area contributed by atoms with Crippen molar-refractivity contribution in [1.82, 2.24) is 5.32 Å². The minimum Gasteiger partial charge on any atom is -0.397 e. The van der Waals surface area contributed by atoms with E-state index in [9.17, 15) is 9.18 Å². The minimum absolute atomic E-state index is 0.160. The van der Waals surface area contributed by atoms with E-state index in [1.165, 1.54) is 17.4 Å². The van der Waals surface area contributed by atoms with Gasteiger partial charge in [0.2, 0.25) is 0 Å². The molecule has 1 aromatic heterocycles. The second-order valence-electron chi connectivity index (χ2n) is 3.96. The highest BCUT2D eigenvalue weighted by Gasteiger charge is 2.19. The molecule has 0 aliphatic carbocycles. The highest BCUT2D eigenvalue weighted by atomic mass is 32.1. The number of anilines is 1. The van der Waals surface area contributed by atoms with Crippen molar-refractivity contribution in [2.45, 2.75) is 13.0 Å². The molecule has 2 rings (SSSR count). The molecule has 0 fully saturated rings. The SMILES string of the molecule is C=CC(C)NC(=O)c1sc2cccc(F)c2c1N. The summed E-state index contributed by atoms with van der Waals surface area (Å²) in [7, 11) is 0. The number of hydrogen-bond donors (Lipinski definition) is 2. The first kappa shape index (κ1) is 12.6. The van der Waals surface area contributed by atoms with Crippen molar-refractivity contribution in [3.63, 3.8) is 0 Å². The molecule has 5 heteroatoms. The van der Waals surface area contributed by atoms with Crippen LogP contribution in [0.2, 0.25) is 0 Å². The van der Waals surface area contributed by atoms with Crippen LogP contribution in [0.5, 0.6) is 0 Å². The highest BCUT2D eigenvalue weighted by Crippen LogP contribution is 2.35. The van der Waals surface area contributed by atoms with Gasteiger partial charge >= 0.3 is 0 Å². The van der Waals surface area contributed by atoms with E-state index in [-0.39, 0.29) is 17.6 Å². The largest absolute Gasteiger partial charge is 0.397 e. The van der Waals surface area contributed by atoms with Crippen molar-refractivity contribution in [1.29, 1.82) is 0 Å². The van der Waals surface area contributed by atoms with Gasteiger partial charge in [-0.15, -0.1) is 17.9 Å². The van der Waals surface area contributed by atoms with Crippen molar-refractivity contribution < 1.29 is 9.18 Å². The summed E-state index contributed by atoms with van der Waals surface area (Å²) >= 11 is 1.19. The van der Waals surface area contributed by atoms with E-state index in [1.807, 2.05) is 0 Å². The van der Waals surface area contributed by atoms with Crippen LogP contribution < -0.4 is 11.1 Å². The van der Waals surface area contributed by atoms with Crippen LogP contribution in [0, 0.1) is 5.82 Å². The fourth-order valence-corrected chi connectivity index (χ4v) is 2.67. The third-order valence-electron chi connectivity index (χ3n) is 2.62. The van der Waals surface area contributed by atoms with Crippen LogP contribution in [-0.2, 0) is 0 Å². The first-order valence-corrected chi connectivity index (χ1v) is 6.26. The van der Waals surface area contributed by atoms with E-state index < -0.39 is 5.82 Å². The van der Waals surface area contributed by atoms with E-state index in [0.29, 0.717) is 15.0 Å². The molecule has 1 amide bonds. The fraction of sp³-hybridized carbons (Fsp3) is 0.154. The third-order valence-corrected chi connectivity index (χ3v) is 3.79. The Morgan fingerprint density at radius 1 is 1.61 bits per heavy atom. The van der Waals surface area contributed by atoms with Crippen molar-refractivity contribution in [3.8, 4) is 0 Å². The summed E-state index contributed by atoms with van der Waals surface area (Å²) in [6, 6.07) is 4.51. The van der Waals surface area contributed by atoms with Gasteiger partial charge in [0.1, 0.15) is 10.7 Å². The maximum atomic E-state index is 13.6.